The zero-order chi connectivity index (χ0) is 25.8. The Balaban J connectivity index is 1.68. The number of halogens is 3. The summed E-state index contributed by atoms with van der Waals surface area (Å²) in [6, 6.07) is 4.29. The smallest absolute Gasteiger partial charge is 0.407 e. The van der Waals surface area contributed by atoms with Gasteiger partial charge in [0.05, 0.1) is 26.8 Å². The molecule has 1 amide bonds. The predicted octanol–water partition coefficient (Wildman–Crippen LogP) is 4.33. The molecule has 1 aromatic carbocycles. The molecule has 5 rings (SSSR count). The Morgan fingerprint density at radius 3 is 2.61 bits per heavy atom. The van der Waals surface area contributed by atoms with Crippen molar-refractivity contribution in [1.29, 1.82) is 0 Å². The standard InChI is InChI=1S/C23H23F3N4O5S/c1-34-13-6-5-12(15(10-13)35-2)11-30-19(31)16-18(28-20(30)22(7-8-22)23(24,25)26)36-17(27-16)14-4-3-9-29(14)21(32)33/h5-6,10,14H,3-4,7-9,11H2,1-2H3,(H,32,33)/t14-/m1/s1. The summed E-state index contributed by atoms with van der Waals surface area (Å²) < 4.78 is 54.2. The first-order valence-electron chi connectivity index (χ1n) is 11.3. The molecule has 3 heterocycles. The van der Waals surface area contributed by atoms with Crippen molar-refractivity contribution in [2.45, 2.75) is 49.9 Å². The van der Waals surface area contributed by atoms with Gasteiger partial charge in [0.15, 0.2) is 10.3 Å². The first-order chi connectivity index (χ1) is 17.1. The van der Waals surface area contributed by atoms with Crippen molar-refractivity contribution in [2.75, 3.05) is 20.8 Å². The minimum Gasteiger partial charge on any atom is -0.497 e. The van der Waals surface area contributed by atoms with Crippen molar-refractivity contribution in [3.05, 3.63) is 44.9 Å². The number of rotatable bonds is 6. The van der Waals surface area contributed by atoms with Gasteiger partial charge in [0.1, 0.15) is 27.7 Å². The Bertz CT molecular complexity index is 1400. The van der Waals surface area contributed by atoms with Crippen LogP contribution in [0.25, 0.3) is 10.3 Å². The van der Waals surface area contributed by atoms with Crippen LogP contribution < -0.4 is 15.0 Å². The summed E-state index contributed by atoms with van der Waals surface area (Å²) in [5.74, 6) is 0.489. The minimum atomic E-state index is -4.59. The molecule has 1 saturated heterocycles. The zero-order valence-electron chi connectivity index (χ0n) is 19.5. The van der Waals surface area contributed by atoms with Gasteiger partial charge >= 0.3 is 12.3 Å². The van der Waals surface area contributed by atoms with E-state index in [-0.39, 0.29) is 35.6 Å². The number of methoxy groups -OCH3 is 2. The fraction of sp³-hybridized carbons (Fsp3) is 0.478. The second kappa shape index (κ2) is 8.64. The number of hydrogen-bond acceptors (Lipinski definition) is 7. The van der Waals surface area contributed by atoms with Crippen molar-refractivity contribution in [2.24, 2.45) is 0 Å². The normalized spacial score (nSPS) is 19.0. The van der Waals surface area contributed by atoms with Crippen molar-refractivity contribution in [1.82, 2.24) is 19.4 Å². The first kappa shape index (κ1) is 24.3. The van der Waals surface area contributed by atoms with Gasteiger partial charge in [0.25, 0.3) is 5.56 Å². The Morgan fingerprint density at radius 2 is 2.00 bits per heavy atom. The minimum absolute atomic E-state index is 0.0681. The van der Waals surface area contributed by atoms with Gasteiger partial charge in [-0.05, 0) is 37.8 Å². The largest absolute Gasteiger partial charge is 0.497 e. The van der Waals surface area contributed by atoms with Crippen molar-refractivity contribution < 1.29 is 32.5 Å². The lowest BCUT2D eigenvalue weighted by molar-refractivity contribution is -0.163. The molecule has 2 aliphatic rings. The van der Waals surface area contributed by atoms with Gasteiger partial charge in [0.2, 0.25) is 0 Å². The lowest BCUT2D eigenvalue weighted by atomic mass is 10.0. The highest BCUT2D eigenvalue weighted by atomic mass is 32.1. The Kier molecular flexibility index (Phi) is 5.85. The molecule has 0 unspecified atom stereocenters. The second-order valence-corrected chi connectivity index (χ2v) is 9.93. The summed E-state index contributed by atoms with van der Waals surface area (Å²) >= 11 is 0.977. The maximum Gasteiger partial charge on any atom is 0.407 e. The van der Waals surface area contributed by atoms with Crippen LogP contribution in [-0.4, -0.2) is 57.6 Å². The van der Waals surface area contributed by atoms with E-state index < -0.39 is 29.3 Å². The molecule has 0 spiro atoms. The fourth-order valence-corrected chi connectivity index (χ4v) is 5.82. The van der Waals surface area contributed by atoms with Crippen molar-refractivity contribution in [3.63, 3.8) is 0 Å². The molecule has 2 fully saturated rings. The summed E-state index contributed by atoms with van der Waals surface area (Å²) in [5.41, 5.74) is -2.51. The van der Waals surface area contributed by atoms with Gasteiger partial charge in [-0.3, -0.25) is 14.3 Å². The third-order valence-corrected chi connectivity index (χ3v) is 7.91. The summed E-state index contributed by atoms with van der Waals surface area (Å²) in [6.07, 6.45) is -4.90. The Hall–Kier alpha value is -3.35. The van der Waals surface area contributed by atoms with Crippen LogP contribution in [0, 0.1) is 0 Å². The molecule has 2 aromatic heterocycles. The van der Waals surface area contributed by atoms with E-state index in [4.69, 9.17) is 9.47 Å². The molecule has 1 atom stereocenters. The molecule has 3 aromatic rings. The number of carbonyl (C=O) groups is 1. The number of fused-ring (bicyclic) bond motifs is 1. The molecule has 1 saturated carbocycles. The predicted molar refractivity (Wildman–Crippen MR) is 124 cm³/mol. The number of ether oxygens (including phenoxy) is 2. The van der Waals surface area contributed by atoms with Crippen LogP contribution in [-0.2, 0) is 12.0 Å². The molecule has 1 aliphatic heterocycles. The highest BCUT2D eigenvalue weighted by Crippen LogP contribution is 2.58. The number of aromatic nitrogens is 3. The van der Waals surface area contributed by atoms with Crippen molar-refractivity contribution in [3.8, 4) is 11.5 Å². The molecular weight excluding hydrogens is 501 g/mol. The van der Waals surface area contributed by atoms with Gasteiger partial charge in [0, 0.05) is 18.2 Å². The molecule has 0 bridgehead atoms. The molecule has 1 aliphatic carbocycles. The van der Waals surface area contributed by atoms with Crippen molar-refractivity contribution >= 4 is 27.8 Å². The van der Waals surface area contributed by atoms with Gasteiger partial charge in [-0.15, -0.1) is 0 Å². The Labute approximate surface area is 207 Å². The van der Waals surface area contributed by atoms with E-state index in [0.29, 0.717) is 41.5 Å². The fourth-order valence-electron chi connectivity index (χ4n) is 4.74. The SMILES string of the molecule is COc1ccc(Cn2c(C3(C(F)(F)F)CC3)nc3sc([C@H]4CCCN4C(=O)O)nc3c2=O)c(OC)c1. The quantitative estimate of drug-likeness (QED) is 0.512. The van der Waals surface area contributed by atoms with Gasteiger partial charge in [-0.1, -0.05) is 11.3 Å². The lowest BCUT2D eigenvalue weighted by Crippen LogP contribution is -2.37. The topological polar surface area (TPSA) is 107 Å². The second-order valence-electron chi connectivity index (χ2n) is 8.92. The van der Waals surface area contributed by atoms with Gasteiger partial charge in [-0.2, -0.15) is 13.2 Å². The van der Waals surface area contributed by atoms with Crippen LogP contribution in [0.3, 0.4) is 0 Å². The number of benzene rings is 1. The van der Waals surface area contributed by atoms with Crippen LogP contribution in [0.4, 0.5) is 18.0 Å². The monoisotopic (exact) mass is 524 g/mol. The molecule has 13 heteroatoms. The maximum absolute atomic E-state index is 14.2. The molecule has 0 radical (unpaired) electrons. The average Bonchev–Trinajstić information content (AvgIpc) is 3.32. The van der Waals surface area contributed by atoms with Crippen LogP contribution in [0.5, 0.6) is 11.5 Å². The first-order valence-corrected chi connectivity index (χ1v) is 12.1. The number of hydrogen-bond donors (Lipinski definition) is 1. The highest BCUT2D eigenvalue weighted by Gasteiger charge is 2.67. The van der Waals surface area contributed by atoms with Crippen LogP contribution in [0.2, 0.25) is 0 Å². The number of likely N-dealkylation sites (tertiary alicyclic amines) is 1. The summed E-state index contributed by atoms with van der Waals surface area (Å²) in [5, 5.41) is 9.85. The average molecular weight is 525 g/mol. The van der Waals surface area contributed by atoms with E-state index in [1.165, 1.54) is 19.1 Å². The third kappa shape index (κ3) is 3.85. The maximum atomic E-state index is 14.2. The molecule has 9 nitrogen and oxygen atoms in total. The van der Waals surface area contributed by atoms with Crippen LogP contribution in [0.1, 0.15) is 48.1 Å². The zero-order valence-corrected chi connectivity index (χ0v) is 20.3. The number of amides is 1. The number of alkyl halides is 3. The number of thiazole rings is 1. The lowest BCUT2D eigenvalue weighted by Gasteiger charge is -2.23. The van der Waals surface area contributed by atoms with Gasteiger partial charge in [-0.25, -0.2) is 14.8 Å². The summed E-state index contributed by atoms with van der Waals surface area (Å²) in [4.78, 5) is 35.3. The number of nitrogens with zero attached hydrogens (tertiary/aromatic N) is 4. The van der Waals surface area contributed by atoms with Crippen LogP contribution >= 0.6 is 11.3 Å². The molecule has 192 valence electrons. The summed E-state index contributed by atoms with van der Waals surface area (Å²) in [6.45, 7) is 0.118. The van der Waals surface area contributed by atoms with E-state index in [1.54, 1.807) is 18.2 Å². The van der Waals surface area contributed by atoms with Gasteiger partial charge < -0.3 is 14.6 Å². The Morgan fingerprint density at radius 1 is 1.25 bits per heavy atom. The van der Waals surface area contributed by atoms with E-state index in [1.807, 2.05) is 0 Å². The van der Waals surface area contributed by atoms with E-state index >= 15 is 0 Å². The molecule has 36 heavy (non-hydrogen) atoms. The molecule has 1 N–H and O–H groups in total. The highest BCUT2D eigenvalue weighted by molar-refractivity contribution is 7.18. The number of carboxylic acid groups (broad SMARTS) is 1. The van der Waals surface area contributed by atoms with E-state index in [9.17, 15) is 27.9 Å². The van der Waals surface area contributed by atoms with E-state index in [0.717, 1.165) is 15.9 Å². The van der Waals surface area contributed by atoms with E-state index in [2.05, 4.69) is 9.97 Å². The van der Waals surface area contributed by atoms with Crippen LogP contribution in [0.15, 0.2) is 23.0 Å². The molecular formula is C23H23F3N4O5S. The summed E-state index contributed by atoms with van der Waals surface area (Å²) in [7, 11) is 2.90. The third-order valence-electron chi connectivity index (χ3n) is 6.86.